The molecule has 96 valence electrons. The van der Waals surface area contributed by atoms with E-state index in [4.69, 9.17) is 5.73 Å². The fourth-order valence-corrected chi connectivity index (χ4v) is 2.73. The molecule has 1 saturated carbocycles. The van der Waals surface area contributed by atoms with Gasteiger partial charge < -0.3 is 5.73 Å². The fourth-order valence-electron chi connectivity index (χ4n) is 2.73. The molecular formula is C13H23N3O. The average Bonchev–Trinajstić information content (AvgIpc) is 2.56. The Labute approximate surface area is 102 Å². The van der Waals surface area contributed by atoms with E-state index in [0.29, 0.717) is 11.7 Å². The number of aryl methyl sites for hydroxylation is 1. The lowest BCUT2D eigenvalue weighted by atomic mass is 10.1. The van der Waals surface area contributed by atoms with Gasteiger partial charge in [0.2, 0.25) is 0 Å². The van der Waals surface area contributed by atoms with Gasteiger partial charge in [-0.05, 0) is 19.3 Å². The molecule has 4 heteroatoms. The van der Waals surface area contributed by atoms with Crippen molar-refractivity contribution >= 4 is 5.69 Å². The van der Waals surface area contributed by atoms with Crippen LogP contribution in [0, 0.1) is 0 Å². The first kappa shape index (κ1) is 12.3. The number of aromatic amines is 1. The first-order chi connectivity index (χ1) is 8.24. The number of anilines is 1. The van der Waals surface area contributed by atoms with Crippen LogP contribution in [0.3, 0.4) is 0 Å². The van der Waals surface area contributed by atoms with Crippen LogP contribution in [0.5, 0.6) is 0 Å². The molecule has 0 saturated heterocycles. The molecule has 0 aromatic carbocycles. The molecule has 0 amide bonds. The summed E-state index contributed by atoms with van der Waals surface area (Å²) in [4.78, 5) is 12.1. The van der Waals surface area contributed by atoms with Crippen molar-refractivity contribution in [3.05, 3.63) is 16.0 Å². The summed E-state index contributed by atoms with van der Waals surface area (Å²) in [6.07, 6.45) is 9.11. The zero-order chi connectivity index (χ0) is 12.3. The molecule has 1 heterocycles. The van der Waals surface area contributed by atoms with E-state index in [-0.39, 0.29) is 5.56 Å². The summed E-state index contributed by atoms with van der Waals surface area (Å²) in [6.45, 7) is 2.10. The molecule has 1 aliphatic rings. The van der Waals surface area contributed by atoms with Crippen LogP contribution in [0.15, 0.2) is 4.79 Å². The van der Waals surface area contributed by atoms with Gasteiger partial charge in [-0.1, -0.05) is 39.0 Å². The third kappa shape index (κ3) is 2.56. The highest BCUT2D eigenvalue weighted by atomic mass is 16.1. The smallest absolute Gasteiger partial charge is 0.290 e. The number of aromatic nitrogens is 2. The molecule has 0 bridgehead atoms. The van der Waals surface area contributed by atoms with Crippen LogP contribution in [0.4, 0.5) is 5.69 Å². The van der Waals surface area contributed by atoms with E-state index in [1.165, 1.54) is 25.7 Å². The summed E-state index contributed by atoms with van der Waals surface area (Å²) in [6, 6.07) is 0.331. The first-order valence-corrected chi connectivity index (χ1v) is 6.83. The molecule has 1 fully saturated rings. The SMILES string of the molecule is CCCc1[nH]n(C2CCCCCC2)c(=O)c1N. The number of nitrogens with two attached hydrogens (primary N) is 1. The zero-order valence-corrected chi connectivity index (χ0v) is 10.7. The lowest BCUT2D eigenvalue weighted by Gasteiger charge is -2.14. The van der Waals surface area contributed by atoms with Crippen LogP contribution in [-0.4, -0.2) is 9.78 Å². The Kier molecular flexibility index (Phi) is 3.92. The summed E-state index contributed by atoms with van der Waals surface area (Å²) in [7, 11) is 0. The first-order valence-electron chi connectivity index (χ1n) is 6.83. The van der Waals surface area contributed by atoms with Crippen LogP contribution in [0.1, 0.15) is 63.6 Å². The second kappa shape index (κ2) is 5.43. The molecule has 0 unspecified atom stereocenters. The normalized spacial score (nSPS) is 18.2. The van der Waals surface area contributed by atoms with E-state index in [1.807, 2.05) is 0 Å². The summed E-state index contributed by atoms with van der Waals surface area (Å²) < 4.78 is 1.78. The van der Waals surface area contributed by atoms with E-state index in [1.54, 1.807) is 4.68 Å². The maximum absolute atomic E-state index is 12.1. The van der Waals surface area contributed by atoms with Gasteiger partial charge in [-0.25, -0.2) is 4.68 Å². The minimum absolute atomic E-state index is 0.0136. The predicted molar refractivity (Wildman–Crippen MR) is 70.2 cm³/mol. The molecule has 0 radical (unpaired) electrons. The molecular weight excluding hydrogens is 214 g/mol. The minimum atomic E-state index is -0.0136. The van der Waals surface area contributed by atoms with Gasteiger partial charge in [0.15, 0.2) is 0 Å². The van der Waals surface area contributed by atoms with Crippen molar-refractivity contribution in [3.8, 4) is 0 Å². The Morgan fingerprint density at radius 1 is 1.29 bits per heavy atom. The number of hydrogen-bond acceptors (Lipinski definition) is 2. The second-order valence-electron chi connectivity index (χ2n) is 5.07. The number of nitrogens with zero attached hydrogens (tertiary/aromatic N) is 1. The molecule has 1 aromatic rings. The monoisotopic (exact) mass is 237 g/mol. The highest BCUT2D eigenvalue weighted by Gasteiger charge is 2.19. The summed E-state index contributed by atoms with van der Waals surface area (Å²) in [5.41, 5.74) is 7.20. The van der Waals surface area contributed by atoms with Crippen LogP contribution < -0.4 is 11.3 Å². The van der Waals surface area contributed by atoms with Gasteiger partial charge in [-0.2, -0.15) is 0 Å². The van der Waals surface area contributed by atoms with Gasteiger partial charge in [0.05, 0.1) is 11.7 Å². The quantitative estimate of drug-likeness (QED) is 0.794. The number of H-pyrrole nitrogens is 1. The van der Waals surface area contributed by atoms with Crippen molar-refractivity contribution in [3.63, 3.8) is 0 Å². The van der Waals surface area contributed by atoms with Crippen LogP contribution in [-0.2, 0) is 6.42 Å². The van der Waals surface area contributed by atoms with Crippen molar-refractivity contribution in [2.75, 3.05) is 5.73 Å². The third-order valence-corrected chi connectivity index (χ3v) is 3.72. The third-order valence-electron chi connectivity index (χ3n) is 3.72. The average molecular weight is 237 g/mol. The molecule has 3 N–H and O–H groups in total. The molecule has 0 atom stereocenters. The highest BCUT2D eigenvalue weighted by Crippen LogP contribution is 2.26. The van der Waals surface area contributed by atoms with Gasteiger partial charge in [0, 0.05) is 0 Å². The lowest BCUT2D eigenvalue weighted by Crippen LogP contribution is -2.23. The van der Waals surface area contributed by atoms with Crippen molar-refractivity contribution in [1.82, 2.24) is 9.78 Å². The van der Waals surface area contributed by atoms with Gasteiger partial charge in [-0.15, -0.1) is 0 Å². The standard InChI is InChI=1S/C13H23N3O/c1-2-7-11-12(14)13(17)16(15-11)10-8-5-3-4-6-9-10/h10,15H,2-9,14H2,1H3. The lowest BCUT2D eigenvalue weighted by molar-refractivity contribution is 0.394. The number of rotatable bonds is 3. The maximum atomic E-state index is 12.1. The predicted octanol–water partition coefficient (Wildman–Crippen LogP) is 2.61. The molecule has 2 rings (SSSR count). The largest absolute Gasteiger partial charge is 0.393 e. The highest BCUT2D eigenvalue weighted by molar-refractivity contribution is 5.40. The number of hydrogen-bond donors (Lipinski definition) is 2. The summed E-state index contributed by atoms with van der Waals surface area (Å²) in [5, 5.41) is 3.23. The summed E-state index contributed by atoms with van der Waals surface area (Å²) in [5.74, 6) is 0. The van der Waals surface area contributed by atoms with E-state index >= 15 is 0 Å². The summed E-state index contributed by atoms with van der Waals surface area (Å²) >= 11 is 0. The Morgan fingerprint density at radius 3 is 2.53 bits per heavy atom. The number of nitrogen functional groups attached to an aromatic ring is 1. The second-order valence-corrected chi connectivity index (χ2v) is 5.07. The Bertz CT molecular complexity index is 411. The van der Waals surface area contributed by atoms with Gasteiger partial charge >= 0.3 is 0 Å². The maximum Gasteiger partial charge on any atom is 0.290 e. The van der Waals surface area contributed by atoms with E-state index < -0.39 is 0 Å². The van der Waals surface area contributed by atoms with E-state index in [2.05, 4.69) is 12.0 Å². The van der Waals surface area contributed by atoms with Gasteiger partial charge in [0.1, 0.15) is 5.69 Å². The Balaban J connectivity index is 2.24. The van der Waals surface area contributed by atoms with Crippen molar-refractivity contribution < 1.29 is 0 Å². The molecule has 1 aromatic heterocycles. The molecule has 0 aliphatic heterocycles. The molecule has 0 spiro atoms. The zero-order valence-electron chi connectivity index (χ0n) is 10.7. The molecule has 17 heavy (non-hydrogen) atoms. The van der Waals surface area contributed by atoms with Crippen LogP contribution >= 0.6 is 0 Å². The fraction of sp³-hybridized carbons (Fsp3) is 0.769. The number of nitrogens with one attached hydrogen (secondary N) is 1. The van der Waals surface area contributed by atoms with Crippen LogP contribution in [0.25, 0.3) is 0 Å². The molecule has 1 aliphatic carbocycles. The van der Waals surface area contributed by atoms with E-state index in [0.717, 1.165) is 31.4 Å². The van der Waals surface area contributed by atoms with Crippen molar-refractivity contribution in [1.29, 1.82) is 0 Å². The Morgan fingerprint density at radius 2 is 1.94 bits per heavy atom. The van der Waals surface area contributed by atoms with Crippen molar-refractivity contribution in [2.45, 2.75) is 64.3 Å². The minimum Gasteiger partial charge on any atom is -0.393 e. The van der Waals surface area contributed by atoms with Gasteiger partial charge in [-0.3, -0.25) is 9.89 Å². The van der Waals surface area contributed by atoms with Gasteiger partial charge in [0.25, 0.3) is 5.56 Å². The van der Waals surface area contributed by atoms with Crippen LogP contribution in [0.2, 0.25) is 0 Å². The van der Waals surface area contributed by atoms with E-state index in [9.17, 15) is 4.79 Å². The topological polar surface area (TPSA) is 63.8 Å². The Hall–Kier alpha value is -1.19. The van der Waals surface area contributed by atoms with Crippen molar-refractivity contribution in [2.24, 2.45) is 0 Å². The molecule has 4 nitrogen and oxygen atoms in total.